The molecular weight excluding hydrogens is 374 g/mol. The highest BCUT2D eigenvalue weighted by Crippen LogP contribution is 2.29. The van der Waals surface area contributed by atoms with Crippen molar-refractivity contribution < 1.29 is 13.3 Å². The van der Waals surface area contributed by atoms with E-state index in [4.69, 9.17) is 5.73 Å². The Kier molecular flexibility index (Phi) is 4.38. The zero-order valence-corrected chi connectivity index (χ0v) is 13.8. The van der Waals surface area contributed by atoms with Crippen LogP contribution in [0.1, 0.15) is 5.56 Å². The van der Waals surface area contributed by atoms with Crippen LogP contribution in [-0.2, 0) is 10.0 Å². The van der Waals surface area contributed by atoms with Gasteiger partial charge in [-0.25, -0.2) is 8.42 Å². The van der Waals surface area contributed by atoms with Crippen molar-refractivity contribution in [3.8, 4) is 0 Å². The number of sulfonamides is 1. The number of benzene rings is 2. The summed E-state index contributed by atoms with van der Waals surface area (Å²) in [6.45, 7) is 1.83. The van der Waals surface area contributed by atoms with E-state index in [-0.39, 0.29) is 22.0 Å². The first kappa shape index (κ1) is 16.2. The molecule has 0 aliphatic carbocycles. The van der Waals surface area contributed by atoms with E-state index in [0.29, 0.717) is 4.47 Å². The molecule has 0 saturated heterocycles. The molecule has 0 heterocycles. The Hall–Kier alpha value is -2.13. The number of nitrogens with one attached hydrogen (secondary N) is 1. The topological polar surface area (TPSA) is 115 Å². The number of anilines is 2. The number of nitrogens with zero attached hydrogens (tertiary/aromatic N) is 1. The Balaban J connectivity index is 2.41. The summed E-state index contributed by atoms with van der Waals surface area (Å²) in [7, 11) is -3.88. The van der Waals surface area contributed by atoms with Crippen LogP contribution >= 0.6 is 15.9 Å². The van der Waals surface area contributed by atoms with Gasteiger partial charge < -0.3 is 5.73 Å². The van der Waals surface area contributed by atoms with Gasteiger partial charge in [0.05, 0.1) is 10.6 Å². The van der Waals surface area contributed by atoms with Gasteiger partial charge in [0.1, 0.15) is 10.6 Å². The number of nitro groups is 1. The zero-order chi connectivity index (χ0) is 16.5. The number of nitrogen functional groups attached to an aromatic ring is 1. The summed E-state index contributed by atoms with van der Waals surface area (Å²) < 4.78 is 27.4. The van der Waals surface area contributed by atoms with Gasteiger partial charge in [-0.1, -0.05) is 6.07 Å². The van der Waals surface area contributed by atoms with Crippen molar-refractivity contribution in [3.05, 3.63) is 56.5 Å². The molecule has 0 unspecified atom stereocenters. The second kappa shape index (κ2) is 5.93. The predicted molar refractivity (Wildman–Crippen MR) is 87.2 cm³/mol. The summed E-state index contributed by atoms with van der Waals surface area (Å²) in [5, 5.41) is 10.8. The average molecular weight is 386 g/mol. The maximum Gasteiger partial charge on any atom is 0.294 e. The van der Waals surface area contributed by atoms with Crippen LogP contribution in [0.5, 0.6) is 0 Å². The van der Waals surface area contributed by atoms with Crippen LogP contribution < -0.4 is 10.5 Å². The predicted octanol–water partition coefficient (Wildman–Crippen LogP) is 3.05. The Morgan fingerprint density at radius 2 is 1.91 bits per heavy atom. The van der Waals surface area contributed by atoms with E-state index < -0.39 is 14.9 Å². The first-order chi connectivity index (χ1) is 10.2. The van der Waals surface area contributed by atoms with Crippen LogP contribution in [0.4, 0.5) is 17.1 Å². The summed E-state index contributed by atoms with van der Waals surface area (Å²) >= 11 is 3.20. The van der Waals surface area contributed by atoms with Gasteiger partial charge in [0, 0.05) is 10.5 Å². The number of rotatable bonds is 4. The fraction of sp³-hybridized carbons (Fsp3) is 0.0769. The van der Waals surface area contributed by atoms with E-state index in [1.54, 1.807) is 12.1 Å². The van der Waals surface area contributed by atoms with Gasteiger partial charge in [0.15, 0.2) is 0 Å². The highest BCUT2D eigenvalue weighted by molar-refractivity contribution is 9.10. The zero-order valence-electron chi connectivity index (χ0n) is 11.4. The van der Waals surface area contributed by atoms with Crippen LogP contribution in [0, 0.1) is 17.0 Å². The first-order valence-electron chi connectivity index (χ1n) is 6.03. The third-order valence-corrected chi connectivity index (χ3v) is 5.21. The smallest absolute Gasteiger partial charge is 0.294 e. The molecule has 0 bridgehead atoms. The van der Waals surface area contributed by atoms with Crippen molar-refractivity contribution in [1.82, 2.24) is 0 Å². The number of nitrogens with two attached hydrogens (primary N) is 1. The standard InChI is InChI=1S/C13H12BrN3O4S/c1-8-2-5-13(10(14)6-8)22(20,21)16-9-3-4-11(15)12(7-9)17(18)19/h2-7,16H,15H2,1H3. The van der Waals surface area contributed by atoms with E-state index in [1.165, 1.54) is 18.2 Å². The Bertz CT molecular complexity index is 852. The second-order valence-corrected chi connectivity index (χ2v) is 7.08. The third kappa shape index (κ3) is 3.37. The van der Waals surface area contributed by atoms with E-state index >= 15 is 0 Å². The summed E-state index contributed by atoms with van der Waals surface area (Å²) in [4.78, 5) is 10.2. The molecule has 0 aliphatic rings. The largest absolute Gasteiger partial charge is 0.393 e. The molecule has 0 amide bonds. The number of aryl methyl sites for hydroxylation is 1. The SMILES string of the molecule is Cc1ccc(S(=O)(=O)Nc2ccc(N)c([N+](=O)[O-])c2)c(Br)c1. The van der Waals surface area contributed by atoms with Crippen molar-refractivity contribution in [2.75, 3.05) is 10.5 Å². The monoisotopic (exact) mass is 385 g/mol. The van der Waals surface area contributed by atoms with Crippen LogP contribution in [-0.4, -0.2) is 13.3 Å². The van der Waals surface area contributed by atoms with Gasteiger partial charge in [-0.2, -0.15) is 0 Å². The van der Waals surface area contributed by atoms with E-state index in [9.17, 15) is 18.5 Å². The van der Waals surface area contributed by atoms with E-state index in [2.05, 4.69) is 20.7 Å². The third-order valence-electron chi connectivity index (χ3n) is 2.86. The molecule has 0 aromatic heterocycles. The van der Waals surface area contributed by atoms with Gasteiger partial charge in [0.2, 0.25) is 0 Å². The van der Waals surface area contributed by atoms with Gasteiger partial charge in [-0.05, 0) is 52.7 Å². The minimum atomic E-state index is -3.88. The number of halogens is 1. The lowest BCUT2D eigenvalue weighted by Gasteiger charge is -2.10. The maximum absolute atomic E-state index is 12.4. The molecule has 0 saturated carbocycles. The minimum absolute atomic E-state index is 0.0375. The molecule has 7 nitrogen and oxygen atoms in total. The lowest BCUT2D eigenvalue weighted by molar-refractivity contribution is -0.383. The molecule has 0 aliphatic heterocycles. The summed E-state index contributed by atoms with van der Waals surface area (Å²) in [5.74, 6) is 0. The molecule has 3 N–H and O–H groups in total. The van der Waals surface area contributed by atoms with Gasteiger partial charge in [-0.15, -0.1) is 0 Å². The molecule has 0 atom stereocenters. The number of nitro benzene ring substituents is 1. The molecule has 2 rings (SSSR count). The molecule has 22 heavy (non-hydrogen) atoms. The maximum atomic E-state index is 12.4. The fourth-order valence-corrected chi connectivity index (χ4v) is 4.04. The molecule has 2 aromatic carbocycles. The first-order valence-corrected chi connectivity index (χ1v) is 8.31. The van der Waals surface area contributed by atoms with Crippen molar-refractivity contribution in [2.24, 2.45) is 0 Å². The molecule has 0 radical (unpaired) electrons. The average Bonchev–Trinajstić information content (AvgIpc) is 2.39. The Morgan fingerprint density at radius 1 is 1.23 bits per heavy atom. The van der Waals surface area contributed by atoms with Crippen molar-refractivity contribution in [3.63, 3.8) is 0 Å². The molecule has 116 valence electrons. The van der Waals surface area contributed by atoms with Gasteiger partial charge in [-0.3, -0.25) is 14.8 Å². The van der Waals surface area contributed by atoms with Crippen molar-refractivity contribution in [1.29, 1.82) is 0 Å². The summed E-state index contributed by atoms with van der Waals surface area (Å²) in [5.41, 5.74) is 6.04. The minimum Gasteiger partial charge on any atom is -0.393 e. The molecule has 0 fully saturated rings. The van der Waals surface area contributed by atoms with Crippen LogP contribution in [0.2, 0.25) is 0 Å². The fourth-order valence-electron chi connectivity index (χ4n) is 1.80. The second-order valence-electron chi connectivity index (χ2n) is 4.57. The summed E-state index contributed by atoms with van der Waals surface area (Å²) in [6.07, 6.45) is 0. The lowest BCUT2D eigenvalue weighted by atomic mass is 10.2. The molecule has 9 heteroatoms. The van der Waals surface area contributed by atoms with Crippen LogP contribution in [0.15, 0.2) is 45.8 Å². The van der Waals surface area contributed by atoms with E-state index in [1.807, 2.05) is 6.92 Å². The molecule has 0 spiro atoms. The van der Waals surface area contributed by atoms with Gasteiger partial charge in [0.25, 0.3) is 15.7 Å². The van der Waals surface area contributed by atoms with Crippen molar-refractivity contribution in [2.45, 2.75) is 11.8 Å². The Morgan fingerprint density at radius 3 is 2.50 bits per heavy atom. The summed E-state index contributed by atoms with van der Waals surface area (Å²) in [6, 6.07) is 8.50. The Labute approximate surface area is 135 Å². The normalized spacial score (nSPS) is 11.2. The highest BCUT2D eigenvalue weighted by atomic mass is 79.9. The lowest BCUT2D eigenvalue weighted by Crippen LogP contribution is -2.14. The highest BCUT2D eigenvalue weighted by Gasteiger charge is 2.20. The molecular formula is C13H12BrN3O4S. The number of hydrogen-bond donors (Lipinski definition) is 2. The van der Waals surface area contributed by atoms with E-state index in [0.717, 1.165) is 11.6 Å². The quantitative estimate of drug-likeness (QED) is 0.476. The molecule has 2 aromatic rings. The van der Waals surface area contributed by atoms with Crippen LogP contribution in [0.25, 0.3) is 0 Å². The number of hydrogen-bond acceptors (Lipinski definition) is 5. The van der Waals surface area contributed by atoms with Crippen LogP contribution in [0.3, 0.4) is 0 Å². The van der Waals surface area contributed by atoms with Crippen molar-refractivity contribution >= 4 is 43.0 Å². The van der Waals surface area contributed by atoms with Gasteiger partial charge >= 0.3 is 0 Å².